The van der Waals surface area contributed by atoms with Crippen LogP contribution in [-0.2, 0) is 0 Å². The number of aldehydes is 1. The molecule has 2 heterocycles. The van der Waals surface area contributed by atoms with Crippen LogP contribution in [0.3, 0.4) is 0 Å². The first-order valence-corrected chi connectivity index (χ1v) is 7.19. The third-order valence-corrected chi connectivity index (χ3v) is 3.94. The summed E-state index contributed by atoms with van der Waals surface area (Å²) in [6, 6.07) is 18.3. The van der Waals surface area contributed by atoms with Gasteiger partial charge in [0.1, 0.15) is 17.0 Å². The number of aryl methyl sites for hydroxylation is 1. The molecule has 0 saturated heterocycles. The predicted octanol–water partition coefficient (Wildman–Crippen LogP) is 4.28. The number of benzene rings is 2. The number of carbonyl (C=O) groups excluding carboxylic acids is 1. The summed E-state index contributed by atoms with van der Waals surface area (Å²) >= 11 is 0. The molecule has 3 heteroatoms. The molecule has 0 bridgehead atoms. The zero-order valence-corrected chi connectivity index (χ0v) is 12.2. The highest BCUT2D eigenvalue weighted by atomic mass is 16.1. The van der Waals surface area contributed by atoms with Gasteiger partial charge in [0.2, 0.25) is 0 Å². The van der Waals surface area contributed by atoms with Crippen molar-refractivity contribution < 1.29 is 4.79 Å². The van der Waals surface area contributed by atoms with Gasteiger partial charge in [0.25, 0.3) is 0 Å². The van der Waals surface area contributed by atoms with E-state index in [-0.39, 0.29) is 0 Å². The van der Waals surface area contributed by atoms with Crippen molar-refractivity contribution in [3.05, 3.63) is 72.1 Å². The molecule has 22 heavy (non-hydrogen) atoms. The van der Waals surface area contributed by atoms with E-state index in [1.807, 2.05) is 47.9 Å². The Balaban J connectivity index is 2.00. The molecule has 2 aromatic carbocycles. The molecule has 0 radical (unpaired) electrons. The first-order valence-electron chi connectivity index (χ1n) is 7.19. The third-order valence-electron chi connectivity index (χ3n) is 3.94. The molecule has 0 fully saturated rings. The number of pyridine rings is 1. The molecule has 0 aliphatic carbocycles. The van der Waals surface area contributed by atoms with E-state index < -0.39 is 0 Å². The van der Waals surface area contributed by atoms with Crippen molar-refractivity contribution in [3.8, 4) is 11.3 Å². The summed E-state index contributed by atoms with van der Waals surface area (Å²) in [6.45, 7) is 2.00. The van der Waals surface area contributed by atoms with E-state index in [0.717, 1.165) is 34.1 Å². The Bertz CT molecular complexity index is 1010. The van der Waals surface area contributed by atoms with Crippen LogP contribution in [0.15, 0.2) is 60.8 Å². The van der Waals surface area contributed by atoms with Crippen molar-refractivity contribution in [1.29, 1.82) is 0 Å². The van der Waals surface area contributed by atoms with Crippen LogP contribution in [0.25, 0.3) is 27.7 Å². The van der Waals surface area contributed by atoms with Gasteiger partial charge < -0.3 is 0 Å². The van der Waals surface area contributed by atoms with E-state index in [1.54, 1.807) is 0 Å². The van der Waals surface area contributed by atoms with E-state index in [4.69, 9.17) is 0 Å². The van der Waals surface area contributed by atoms with Crippen LogP contribution >= 0.6 is 0 Å². The zero-order valence-electron chi connectivity index (χ0n) is 12.2. The van der Waals surface area contributed by atoms with Gasteiger partial charge in [0.15, 0.2) is 6.29 Å². The van der Waals surface area contributed by atoms with Crippen LogP contribution in [0, 0.1) is 6.92 Å². The standard InChI is InChI=1S/C19H14N2O/c1-13-6-9-18-20-19(17(12-22)21(18)11-13)16-8-7-14-4-2-3-5-15(14)10-16/h2-12H,1H3. The Morgan fingerprint density at radius 3 is 2.64 bits per heavy atom. The highest BCUT2D eigenvalue weighted by molar-refractivity contribution is 5.91. The van der Waals surface area contributed by atoms with Gasteiger partial charge in [-0.25, -0.2) is 4.98 Å². The fourth-order valence-electron chi connectivity index (χ4n) is 2.83. The molecule has 0 aliphatic heterocycles. The van der Waals surface area contributed by atoms with Crippen LogP contribution in [0.2, 0.25) is 0 Å². The Kier molecular flexibility index (Phi) is 2.79. The summed E-state index contributed by atoms with van der Waals surface area (Å²) in [6.07, 6.45) is 2.82. The molecule has 0 spiro atoms. The van der Waals surface area contributed by atoms with Crippen LogP contribution in [-0.4, -0.2) is 15.7 Å². The number of fused-ring (bicyclic) bond motifs is 2. The Hall–Kier alpha value is -2.94. The van der Waals surface area contributed by atoms with Gasteiger partial charge >= 0.3 is 0 Å². The number of nitrogens with zero attached hydrogens (tertiary/aromatic N) is 2. The maximum atomic E-state index is 11.6. The lowest BCUT2D eigenvalue weighted by Crippen LogP contribution is -1.93. The summed E-state index contributed by atoms with van der Waals surface area (Å²) in [5.41, 5.74) is 4.16. The average Bonchev–Trinajstić information content (AvgIpc) is 2.92. The molecule has 4 rings (SSSR count). The maximum absolute atomic E-state index is 11.6. The van der Waals surface area contributed by atoms with Gasteiger partial charge in [-0.05, 0) is 35.4 Å². The van der Waals surface area contributed by atoms with E-state index in [9.17, 15) is 4.79 Å². The molecule has 0 aliphatic rings. The largest absolute Gasteiger partial charge is 0.296 e. The van der Waals surface area contributed by atoms with Gasteiger partial charge in [-0.3, -0.25) is 9.20 Å². The van der Waals surface area contributed by atoms with Crippen molar-refractivity contribution in [2.45, 2.75) is 6.92 Å². The highest BCUT2D eigenvalue weighted by Crippen LogP contribution is 2.27. The summed E-state index contributed by atoms with van der Waals surface area (Å²) in [5, 5.41) is 2.32. The zero-order chi connectivity index (χ0) is 15.1. The molecule has 0 saturated carbocycles. The SMILES string of the molecule is Cc1ccc2nc(-c3ccc4ccccc4c3)c(C=O)n2c1. The first-order chi connectivity index (χ1) is 10.8. The predicted molar refractivity (Wildman–Crippen MR) is 88.3 cm³/mol. The van der Waals surface area contributed by atoms with Crippen LogP contribution in [0.1, 0.15) is 16.1 Å². The minimum atomic E-state index is 0.592. The smallest absolute Gasteiger partial charge is 0.169 e. The molecular weight excluding hydrogens is 272 g/mol. The number of carbonyl (C=O) groups is 1. The van der Waals surface area contributed by atoms with Gasteiger partial charge in [-0.2, -0.15) is 0 Å². The lowest BCUT2D eigenvalue weighted by Gasteiger charge is -2.02. The second-order valence-corrected chi connectivity index (χ2v) is 5.46. The molecule has 0 unspecified atom stereocenters. The number of imidazole rings is 1. The van der Waals surface area contributed by atoms with Crippen LogP contribution in [0.4, 0.5) is 0 Å². The topological polar surface area (TPSA) is 34.4 Å². The normalized spacial score (nSPS) is 11.1. The Labute approximate surface area is 127 Å². The monoisotopic (exact) mass is 286 g/mol. The number of hydrogen-bond acceptors (Lipinski definition) is 2. The molecule has 106 valence electrons. The maximum Gasteiger partial charge on any atom is 0.169 e. The van der Waals surface area contributed by atoms with Crippen molar-refractivity contribution in [2.24, 2.45) is 0 Å². The molecule has 2 aromatic heterocycles. The summed E-state index contributed by atoms with van der Waals surface area (Å²) in [5.74, 6) is 0. The summed E-state index contributed by atoms with van der Waals surface area (Å²) in [7, 11) is 0. The number of hydrogen-bond donors (Lipinski definition) is 0. The highest BCUT2D eigenvalue weighted by Gasteiger charge is 2.13. The van der Waals surface area contributed by atoms with E-state index in [0.29, 0.717) is 5.69 Å². The Morgan fingerprint density at radius 2 is 1.82 bits per heavy atom. The van der Waals surface area contributed by atoms with E-state index >= 15 is 0 Å². The second kappa shape index (κ2) is 4.81. The molecule has 4 aromatic rings. The molecule has 0 atom stereocenters. The van der Waals surface area contributed by atoms with Crippen molar-refractivity contribution >= 4 is 22.7 Å². The summed E-state index contributed by atoms with van der Waals surface area (Å²) < 4.78 is 1.85. The lowest BCUT2D eigenvalue weighted by atomic mass is 10.0. The molecule has 0 amide bonds. The van der Waals surface area contributed by atoms with Crippen molar-refractivity contribution in [1.82, 2.24) is 9.38 Å². The van der Waals surface area contributed by atoms with Crippen LogP contribution < -0.4 is 0 Å². The fraction of sp³-hybridized carbons (Fsp3) is 0.0526. The third kappa shape index (κ3) is 1.91. The van der Waals surface area contributed by atoms with E-state index in [2.05, 4.69) is 29.2 Å². The first kappa shape index (κ1) is 12.8. The summed E-state index contributed by atoms with van der Waals surface area (Å²) in [4.78, 5) is 16.2. The Morgan fingerprint density at radius 1 is 1.00 bits per heavy atom. The van der Waals surface area contributed by atoms with Gasteiger partial charge in [0.05, 0.1) is 0 Å². The van der Waals surface area contributed by atoms with E-state index in [1.165, 1.54) is 5.39 Å². The van der Waals surface area contributed by atoms with Gasteiger partial charge in [-0.1, -0.05) is 42.5 Å². The molecule has 0 N–H and O–H groups in total. The minimum Gasteiger partial charge on any atom is -0.296 e. The van der Waals surface area contributed by atoms with Crippen molar-refractivity contribution in [2.75, 3.05) is 0 Å². The molecule has 3 nitrogen and oxygen atoms in total. The minimum absolute atomic E-state index is 0.592. The quantitative estimate of drug-likeness (QED) is 0.516. The second-order valence-electron chi connectivity index (χ2n) is 5.46. The molecular formula is C19H14N2O. The lowest BCUT2D eigenvalue weighted by molar-refractivity contribution is 0.111. The van der Waals surface area contributed by atoms with Gasteiger partial charge in [0, 0.05) is 11.8 Å². The fourth-order valence-corrected chi connectivity index (χ4v) is 2.83. The van der Waals surface area contributed by atoms with Crippen LogP contribution in [0.5, 0.6) is 0 Å². The number of aromatic nitrogens is 2. The average molecular weight is 286 g/mol. The van der Waals surface area contributed by atoms with Gasteiger partial charge in [-0.15, -0.1) is 0 Å². The number of rotatable bonds is 2. The van der Waals surface area contributed by atoms with Crippen molar-refractivity contribution in [3.63, 3.8) is 0 Å².